The van der Waals surface area contributed by atoms with Gasteiger partial charge in [0.05, 0.1) is 19.3 Å². The predicted octanol–water partition coefficient (Wildman–Crippen LogP) is 2.33. The van der Waals surface area contributed by atoms with E-state index >= 15 is 0 Å². The predicted molar refractivity (Wildman–Crippen MR) is 77.8 cm³/mol. The van der Waals surface area contributed by atoms with Gasteiger partial charge in [0, 0.05) is 30.4 Å². The second-order valence-corrected chi connectivity index (χ2v) is 5.71. The van der Waals surface area contributed by atoms with Crippen LogP contribution < -0.4 is 15.4 Å². The number of nitrogens with two attached hydrogens (primary N) is 1. The smallest absolute Gasteiger partial charge is 0.125 e. The maximum absolute atomic E-state index is 6.13. The first kappa shape index (κ1) is 14.2. The number of nitrogens with zero attached hydrogens (tertiary/aromatic N) is 1. The lowest BCUT2D eigenvalue weighted by molar-refractivity contribution is -0.0277. The van der Waals surface area contributed by atoms with Crippen LogP contribution in [0.25, 0.3) is 0 Å². The number of methoxy groups -OCH3 is 1. The summed E-state index contributed by atoms with van der Waals surface area (Å²) in [5.41, 5.74) is 8.23. The minimum absolute atomic E-state index is 0.0582. The van der Waals surface area contributed by atoms with Crippen LogP contribution in [0.4, 0.5) is 5.69 Å². The maximum atomic E-state index is 6.13. The molecule has 0 saturated carbocycles. The topological polar surface area (TPSA) is 47.7 Å². The quantitative estimate of drug-likeness (QED) is 0.910. The standard InChI is InChI=1S/C15H24N2O2/c1-11(16)14-12(6-5-7-13(14)18-4)17-8-9-19-15(2,3)10-17/h5-7,11H,8-10,16H2,1-4H3/t11-/m1/s1. The van der Waals surface area contributed by atoms with Crippen LogP contribution in [-0.2, 0) is 4.74 Å². The Kier molecular flexibility index (Phi) is 4.02. The lowest BCUT2D eigenvalue weighted by Gasteiger charge is -2.40. The molecule has 19 heavy (non-hydrogen) atoms. The Balaban J connectivity index is 2.38. The van der Waals surface area contributed by atoms with E-state index in [0.717, 1.165) is 36.7 Å². The van der Waals surface area contributed by atoms with Crippen LogP contribution in [0.2, 0.25) is 0 Å². The summed E-state index contributed by atoms with van der Waals surface area (Å²) in [6.45, 7) is 8.71. The third-order valence-electron chi connectivity index (χ3n) is 3.48. The number of hydrogen-bond donors (Lipinski definition) is 1. The third-order valence-corrected chi connectivity index (χ3v) is 3.48. The van der Waals surface area contributed by atoms with Crippen molar-refractivity contribution in [2.45, 2.75) is 32.4 Å². The number of benzene rings is 1. The van der Waals surface area contributed by atoms with Gasteiger partial charge in [0.2, 0.25) is 0 Å². The summed E-state index contributed by atoms with van der Waals surface area (Å²) in [4.78, 5) is 2.34. The van der Waals surface area contributed by atoms with Crippen LogP contribution in [0.3, 0.4) is 0 Å². The summed E-state index contributed by atoms with van der Waals surface area (Å²) in [6.07, 6.45) is 0. The number of rotatable bonds is 3. The second kappa shape index (κ2) is 5.39. The average molecular weight is 264 g/mol. The average Bonchev–Trinajstić information content (AvgIpc) is 2.36. The highest BCUT2D eigenvalue weighted by molar-refractivity contribution is 5.61. The van der Waals surface area contributed by atoms with Crippen LogP contribution >= 0.6 is 0 Å². The van der Waals surface area contributed by atoms with Gasteiger partial charge in [-0.05, 0) is 32.9 Å². The van der Waals surface area contributed by atoms with Crippen LogP contribution in [-0.4, -0.2) is 32.4 Å². The number of ether oxygens (including phenoxy) is 2. The van der Waals surface area contributed by atoms with Crippen molar-refractivity contribution in [1.29, 1.82) is 0 Å². The fraction of sp³-hybridized carbons (Fsp3) is 0.600. The number of anilines is 1. The van der Waals surface area contributed by atoms with Gasteiger partial charge in [0.1, 0.15) is 5.75 Å². The van der Waals surface area contributed by atoms with Crippen molar-refractivity contribution in [1.82, 2.24) is 0 Å². The van der Waals surface area contributed by atoms with E-state index in [1.165, 1.54) is 0 Å². The fourth-order valence-electron chi connectivity index (χ4n) is 2.67. The van der Waals surface area contributed by atoms with E-state index in [9.17, 15) is 0 Å². The molecule has 0 bridgehead atoms. The van der Waals surface area contributed by atoms with Crippen LogP contribution in [0.1, 0.15) is 32.4 Å². The summed E-state index contributed by atoms with van der Waals surface area (Å²) < 4.78 is 11.2. The zero-order valence-corrected chi connectivity index (χ0v) is 12.3. The number of morpholine rings is 1. The van der Waals surface area contributed by atoms with E-state index in [0.29, 0.717) is 0 Å². The monoisotopic (exact) mass is 264 g/mol. The van der Waals surface area contributed by atoms with Gasteiger partial charge in [0.25, 0.3) is 0 Å². The van der Waals surface area contributed by atoms with Gasteiger partial charge in [-0.25, -0.2) is 0 Å². The molecule has 0 aliphatic carbocycles. The maximum Gasteiger partial charge on any atom is 0.125 e. The molecule has 0 radical (unpaired) electrons. The van der Waals surface area contributed by atoms with E-state index in [4.69, 9.17) is 15.2 Å². The van der Waals surface area contributed by atoms with Crippen LogP contribution in [0.5, 0.6) is 5.75 Å². The zero-order valence-electron chi connectivity index (χ0n) is 12.3. The molecule has 2 rings (SSSR count). The zero-order chi connectivity index (χ0) is 14.0. The molecule has 4 heteroatoms. The van der Waals surface area contributed by atoms with Crippen LogP contribution in [0.15, 0.2) is 18.2 Å². The van der Waals surface area contributed by atoms with E-state index in [1.54, 1.807) is 7.11 Å². The fourth-order valence-corrected chi connectivity index (χ4v) is 2.67. The molecule has 0 unspecified atom stereocenters. The molecule has 0 aromatic heterocycles. The highest BCUT2D eigenvalue weighted by Crippen LogP contribution is 2.35. The van der Waals surface area contributed by atoms with Gasteiger partial charge >= 0.3 is 0 Å². The van der Waals surface area contributed by atoms with Gasteiger partial charge < -0.3 is 20.1 Å². The second-order valence-electron chi connectivity index (χ2n) is 5.71. The highest BCUT2D eigenvalue weighted by atomic mass is 16.5. The van der Waals surface area contributed by atoms with Crippen molar-refractivity contribution in [2.24, 2.45) is 5.73 Å². The van der Waals surface area contributed by atoms with E-state index in [2.05, 4.69) is 24.8 Å². The molecule has 1 saturated heterocycles. The van der Waals surface area contributed by atoms with E-state index in [1.807, 2.05) is 19.1 Å². The molecule has 1 aromatic carbocycles. The minimum atomic E-state index is -0.129. The van der Waals surface area contributed by atoms with Crippen molar-refractivity contribution in [2.75, 3.05) is 31.7 Å². The molecule has 1 heterocycles. The van der Waals surface area contributed by atoms with Crippen molar-refractivity contribution in [3.05, 3.63) is 23.8 Å². The molecule has 4 nitrogen and oxygen atoms in total. The van der Waals surface area contributed by atoms with Gasteiger partial charge in [-0.15, -0.1) is 0 Å². The number of hydrogen-bond acceptors (Lipinski definition) is 4. The van der Waals surface area contributed by atoms with Crippen molar-refractivity contribution >= 4 is 5.69 Å². The third kappa shape index (κ3) is 3.01. The molecular weight excluding hydrogens is 240 g/mol. The van der Waals surface area contributed by atoms with Gasteiger partial charge in [0.15, 0.2) is 0 Å². The Labute approximate surface area is 115 Å². The molecule has 0 amide bonds. The molecule has 2 N–H and O–H groups in total. The molecular formula is C15H24N2O2. The van der Waals surface area contributed by atoms with Gasteiger partial charge in [-0.3, -0.25) is 0 Å². The Morgan fingerprint density at radius 3 is 2.74 bits per heavy atom. The lowest BCUT2D eigenvalue weighted by Crippen LogP contribution is -2.48. The Bertz CT molecular complexity index is 444. The Hall–Kier alpha value is -1.26. The van der Waals surface area contributed by atoms with E-state index in [-0.39, 0.29) is 11.6 Å². The summed E-state index contributed by atoms with van der Waals surface area (Å²) >= 11 is 0. The molecule has 1 fully saturated rings. The van der Waals surface area contributed by atoms with Crippen molar-refractivity contribution < 1.29 is 9.47 Å². The van der Waals surface area contributed by atoms with Crippen molar-refractivity contribution in [3.63, 3.8) is 0 Å². The lowest BCUT2D eigenvalue weighted by atomic mass is 10.0. The normalized spacial score (nSPS) is 20.2. The largest absolute Gasteiger partial charge is 0.496 e. The first-order valence-electron chi connectivity index (χ1n) is 6.76. The first-order chi connectivity index (χ1) is 8.94. The molecule has 106 valence electrons. The molecule has 1 aliphatic heterocycles. The Morgan fingerprint density at radius 1 is 1.42 bits per heavy atom. The summed E-state index contributed by atoms with van der Waals surface area (Å²) in [7, 11) is 1.69. The minimum Gasteiger partial charge on any atom is -0.496 e. The Morgan fingerprint density at radius 2 is 2.16 bits per heavy atom. The van der Waals surface area contributed by atoms with Crippen molar-refractivity contribution in [3.8, 4) is 5.75 Å². The van der Waals surface area contributed by atoms with Crippen LogP contribution in [0, 0.1) is 0 Å². The molecule has 1 aliphatic rings. The van der Waals surface area contributed by atoms with Gasteiger partial charge in [-0.1, -0.05) is 6.07 Å². The van der Waals surface area contributed by atoms with E-state index < -0.39 is 0 Å². The summed E-state index contributed by atoms with van der Waals surface area (Å²) in [5.74, 6) is 0.858. The summed E-state index contributed by atoms with van der Waals surface area (Å²) in [6, 6.07) is 6.04. The first-order valence-corrected chi connectivity index (χ1v) is 6.76. The SMILES string of the molecule is COc1cccc(N2CCOC(C)(C)C2)c1[C@@H](C)N. The summed E-state index contributed by atoms with van der Waals surface area (Å²) in [5, 5.41) is 0. The molecule has 0 spiro atoms. The molecule has 1 aromatic rings. The van der Waals surface area contributed by atoms with Gasteiger partial charge in [-0.2, -0.15) is 0 Å². The highest BCUT2D eigenvalue weighted by Gasteiger charge is 2.29. The molecule has 1 atom stereocenters.